The number of nitrogens with two attached hydrogens (primary N) is 1. The van der Waals surface area contributed by atoms with E-state index in [9.17, 15) is 0 Å². The molecular formula is C13H23N3O. The third-order valence-corrected chi connectivity index (χ3v) is 2.45. The van der Waals surface area contributed by atoms with Gasteiger partial charge >= 0.3 is 0 Å². The van der Waals surface area contributed by atoms with E-state index < -0.39 is 0 Å². The Morgan fingerprint density at radius 3 is 2.65 bits per heavy atom. The van der Waals surface area contributed by atoms with Gasteiger partial charge in [-0.2, -0.15) is 0 Å². The van der Waals surface area contributed by atoms with Gasteiger partial charge < -0.3 is 21.1 Å². The van der Waals surface area contributed by atoms with Crippen LogP contribution in [0.15, 0.2) is 30.3 Å². The SMILES string of the molecule is CNCC(CNCCN)OCc1ccccc1. The fourth-order valence-corrected chi connectivity index (χ4v) is 1.57. The molecule has 0 aromatic heterocycles. The van der Waals surface area contributed by atoms with Gasteiger partial charge in [0.15, 0.2) is 0 Å². The summed E-state index contributed by atoms with van der Waals surface area (Å²) in [6.07, 6.45) is 0.173. The fraction of sp³-hybridized carbons (Fsp3) is 0.538. The van der Waals surface area contributed by atoms with Crippen LogP contribution in [0.1, 0.15) is 5.56 Å². The average molecular weight is 237 g/mol. The highest BCUT2D eigenvalue weighted by Crippen LogP contribution is 2.02. The van der Waals surface area contributed by atoms with Gasteiger partial charge in [0, 0.05) is 26.2 Å². The molecular weight excluding hydrogens is 214 g/mol. The van der Waals surface area contributed by atoms with E-state index in [4.69, 9.17) is 10.5 Å². The van der Waals surface area contributed by atoms with Crippen molar-refractivity contribution in [1.29, 1.82) is 0 Å². The summed E-state index contributed by atoms with van der Waals surface area (Å²) in [5.74, 6) is 0. The molecule has 96 valence electrons. The Kier molecular flexibility index (Phi) is 7.58. The van der Waals surface area contributed by atoms with E-state index in [1.165, 1.54) is 5.56 Å². The molecule has 0 saturated carbocycles. The van der Waals surface area contributed by atoms with Crippen molar-refractivity contribution in [2.75, 3.05) is 33.2 Å². The summed E-state index contributed by atoms with van der Waals surface area (Å²) in [5, 5.41) is 6.40. The van der Waals surface area contributed by atoms with Crippen molar-refractivity contribution >= 4 is 0 Å². The van der Waals surface area contributed by atoms with E-state index in [2.05, 4.69) is 22.8 Å². The minimum atomic E-state index is 0.173. The Morgan fingerprint density at radius 2 is 2.00 bits per heavy atom. The molecule has 0 aliphatic carbocycles. The van der Waals surface area contributed by atoms with Crippen LogP contribution in [0.25, 0.3) is 0 Å². The zero-order valence-electron chi connectivity index (χ0n) is 10.5. The van der Waals surface area contributed by atoms with Crippen LogP contribution in [0.3, 0.4) is 0 Å². The lowest BCUT2D eigenvalue weighted by atomic mass is 10.2. The first-order valence-electron chi connectivity index (χ1n) is 6.07. The maximum atomic E-state index is 5.85. The van der Waals surface area contributed by atoms with Gasteiger partial charge in [-0.25, -0.2) is 0 Å². The van der Waals surface area contributed by atoms with E-state index in [1.54, 1.807) is 0 Å². The Morgan fingerprint density at radius 1 is 1.24 bits per heavy atom. The highest BCUT2D eigenvalue weighted by molar-refractivity contribution is 5.13. The van der Waals surface area contributed by atoms with Crippen LogP contribution in [0.2, 0.25) is 0 Å². The number of hydrogen-bond acceptors (Lipinski definition) is 4. The summed E-state index contributed by atoms with van der Waals surface area (Å²) >= 11 is 0. The second-order valence-corrected chi connectivity index (χ2v) is 3.97. The van der Waals surface area contributed by atoms with Gasteiger partial charge in [0.25, 0.3) is 0 Å². The maximum Gasteiger partial charge on any atom is 0.0827 e. The summed E-state index contributed by atoms with van der Waals surface area (Å²) in [6, 6.07) is 10.2. The summed E-state index contributed by atoms with van der Waals surface area (Å²) < 4.78 is 5.85. The van der Waals surface area contributed by atoms with Gasteiger partial charge in [-0.3, -0.25) is 0 Å². The standard InChI is InChI=1S/C13H23N3O/c1-15-9-13(10-16-8-7-14)17-11-12-5-3-2-4-6-12/h2-6,13,15-16H,7-11,14H2,1H3. The van der Waals surface area contributed by atoms with Crippen molar-refractivity contribution in [2.24, 2.45) is 5.73 Å². The zero-order chi connectivity index (χ0) is 12.3. The molecule has 0 aliphatic heterocycles. The molecule has 0 amide bonds. The first-order chi connectivity index (χ1) is 8.36. The monoisotopic (exact) mass is 237 g/mol. The first-order valence-corrected chi connectivity index (χ1v) is 6.07. The predicted molar refractivity (Wildman–Crippen MR) is 70.9 cm³/mol. The molecule has 4 N–H and O–H groups in total. The topological polar surface area (TPSA) is 59.3 Å². The van der Waals surface area contributed by atoms with Crippen LogP contribution in [-0.4, -0.2) is 39.3 Å². The number of ether oxygens (including phenoxy) is 1. The van der Waals surface area contributed by atoms with Crippen molar-refractivity contribution in [2.45, 2.75) is 12.7 Å². The maximum absolute atomic E-state index is 5.85. The second kappa shape index (κ2) is 9.13. The molecule has 0 aliphatic rings. The van der Waals surface area contributed by atoms with Gasteiger partial charge in [-0.05, 0) is 12.6 Å². The van der Waals surface area contributed by atoms with E-state index >= 15 is 0 Å². The van der Waals surface area contributed by atoms with Crippen LogP contribution in [-0.2, 0) is 11.3 Å². The Bertz CT molecular complexity index is 279. The Hall–Kier alpha value is -0.940. The molecule has 1 atom stereocenters. The summed E-state index contributed by atoms with van der Waals surface area (Å²) in [5.41, 5.74) is 6.64. The average Bonchev–Trinajstić information content (AvgIpc) is 2.37. The number of rotatable bonds is 9. The van der Waals surface area contributed by atoms with Gasteiger partial charge in [-0.15, -0.1) is 0 Å². The molecule has 4 heteroatoms. The van der Waals surface area contributed by atoms with Crippen molar-refractivity contribution in [1.82, 2.24) is 10.6 Å². The van der Waals surface area contributed by atoms with Gasteiger partial charge in [-0.1, -0.05) is 30.3 Å². The lowest BCUT2D eigenvalue weighted by Crippen LogP contribution is -2.38. The van der Waals surface area contributed by atoms with Crippen molar-refractivity contribution in [3.63, 3.8) is 0 Å². The van der Waals surface area contributed by atoms with Crippen LogP contribution in [0.5, 0.6) is 0 Å². The molecule has 0 spiro atoms. The number of likely N-dealkylation sites (N-methyl/N-ethyl adjacent to an activating group) is 1. The Balaban J connectivity index is 2.28. The molecule has 4 nitrogen and oxygen atoms in total. The van der Waals surface area contributed by atoms with E-state index in [0.29, 0.717) is 13.2 Å². The predicted octanol–water partition coefficient (Wildman–Crippen LogP) is 0.340. The molecule has 1 rings (SSSR count). The third-order valence-electron chi connectivity index (χ3n) is 2.45. The summed E-state index contributed by atoms with van der Waals surface area (Å²) in [6.45, 7) is 3.80. The molecule has 0 bridgehead atoms. The number of hydrogen-bond donors (Lipinski definition) is 3. The lowest BCUT2D eigenvalue weighted by molar-refractivity contribution is 0.0424. The molecule has 1 aromatic rings. The smallest absolute Gasteiger partial charge is 0.0827 e. The summed E-state index contributed by atoms with van der Waals surface area (Å²) in [7, 11) is 1.93. The van der Waals surface area contributed by atoms with Crippen molar-refractivity contribution in [3.8, 4) is 0 Å². The molecule has 0 fully saturated rings. The van der Waals surface area contributed by atoms with Gasteiger partial charge in [0.1, 0.15) is 0 Å². The minimum Gasteiger partial charge on any atom is -0.371 e. The van der Waals surface area contributed by atoms with Crippen LogP contribution in [0, 0.1) is 0 Å². The van der Waals surface area contributed by atoms with Crippen LogP contribution < -0.4 is 16.4 Å². The molecule has 1 unspecified atom stereocenters. The summed E-state index contributed by atoms with van der Waals surface area (Å²) in [4.78, 5) is 0. The number of benzene rings is 1. The van der Waals surface area contributed by atoms with Crippen molar-refractivity contribution < 1.29 is 4.74 Å². The van der Waals surface area contributed by atoms with E-state index in [-0.39, 0.29) is 6.10 Å². The van der Waals surface area contributed by atoms with Gasteiger partial charge in [0.05, 0.1) is 12.7 Å². The lowest BCUT2D eigenvalue weighted by Gasteiger charge is -2.18. The van der Waals surface area contributed by atoms with E-state index in [0.717, 1.165) is 19.6 Å². The zero-order valence-corrected chi connectivity index (χ0v) is 10.5. The molecule has 0 saturated heterocycles. The highest BCUT2D eigenvalue weighted by Gasteiger charge is 2.07. The van der Waals surface area contributed by atoms with Crippen LogP contribution >= 0.6 is 0 Å². The minimum absolute atomic E-state index is 0.173. The number of nitrogens with one attached hydrogen (secondary N) is 2. The quantitative estimate of drug-likeness (QED) is 0.542. The fourth-order valence-electron chi connectivity index (χ4n) is 1.57. The van der Waals surface area contributed by atoms with Crippen molar-refractivity contribution in [3.05, 3.63) is 35.9 Å². The van der Waals surface area contributed by atoms with Crippen LogP contribution in [0.4, 0.5) is 0 Å². The molecule has 0 heterocycles. The molecule has 17 heavy (non-hydrogen) atoms. The third kappa shape index (κ3) is 6.38. The molecule has 1 aromatic carbocycles. The first kappa shape index (κ1) is 14.1. The van der Waals surface area contributed by atoms with Gasteiger partial charge in [0.2, 0.25) is 0 Å². The van der Waals surface area contributed by atoms with E-state index in [1.807, 2.05) is 25.2 Å². The second-order valence-electron chi connectivity index (χ2n) is 3.97. The molecule has 0 radical (unpaired) electrons. The highest BCUT2D eigenvalue weighted by atomic mass is 16.5. The largest absolute Gasteiger partial charge is 0.371 e. The normalized spacial score (nSPS) is 12.6. The Labute approximate surface area is 104 Å².